The van der Waals surface area contributed by atoms with Crippen molar-refractivity contribution in [1.29, 1.82) is 0 Å². The molecule has 1 saturated heterocycles. The van der Waals surface area contributed by atoms with Crippen LogP contribution in [0.5, 0.6) is 0 Å². The third-order valence-electron chi connectivity index (χ3n) is 3.00. The second-order valence-corrected chi connectivity index (χ2v) is 6.38. The van der Waals surface area contributed by atoms with Gasteiger partial charge in [-0.1, -0.05) is 23.0 Å². The summed E-state index contributed by atoms with van der Waals surface area (Å²) < 4.78 is 9.90. The number of carbonyl (C=O) groups is 2. The van der Waals surface area contributed by atoms with E-state index >= 15 is 0 Å². The van der Waals surface area contributed by atoms with Crippen molar-refractivity contribution in [1.82, 2.24) is 10.1 Å². The molecule has 0 radical (unpaired) electrons. The van der Waals surface area contributed by atoms with Gasteiger partial charge >= 0.3 is 5.97 Å². The van der Waals surface area contributed by atoms with Gasteiger partial charge in [0.15, 0.2) is 5.76 Å². The maximum absolute atomic E-state index is 12.0. The largest absolute Gasteiger partial charge is 0.466 e. The Kier molecular flexibility index (Phi) is 4.30. The van der Waals surface area contributed by atoms with E-state index < -0.39 is 5.97 Å². The maximum atomic E-state index is 12.0. The van der Waals surface area contributed by atoms with Gasteiger partial charge in [0.1, 0.15) is 5.69 Å². The normalized spacial score (nSPS) is 16.5. The summed E-state index contributed by atoms with van der Waals surface area (Å²) in [6, 6.07) is 5.67. The van der Waals surface area contributed by atoms with Gasteiger partial charge in [-0.05, 0) is 11.4 Å². The van der Waals surface area contributed by atoms with Crippen LogP contribution >= 0.6 is 23.1 Å². The van der Waals surface area contributed by atoms with Crippen LogP contribution in [-0.2, 0) is 20.9 Å². The SMILES string of the molecule is COC(=O)C=C1SCC(=O)N1Cc1cc(-c2cccs2)on1. The van der Waals surface area contributed by atoms with Gasteiger partial charge in [-0.2, -0.15) is 0 Å². The molecule has 6 nitrogen and oxygen atoms in total. The zero-order valence-corrected chi connectivity index (χ0v) is 13.3. The molecule has 1 amide bonds. The minimum absolute atomic E-state index is 0.0687. The zero-order valence-electron chi connectivity index (χ0n) is 11.6. The van der Waals surface area contributed by atoms with Crippen molar-refractivity contribution in [3.63, 3.8) is 0 Å². The highest BCUT2D eigenvalue weighted by molar-refractivity contribution is 8.04. The van der Waals surface area contributed by atoms with Gasteiger partial charge in [0, 0.05) is 6.07 Å². The summed E-state index contributed by atoms with van der Waals surface area (Å²) in [6.07, 6.45) is 1.32. The van der Waals surface area contributed by atoms with Crippen LogP contribution in [0.3, 0.4) is 0 Å². The molecule has 0 atom stereocenters. The molecule has 0 spiro atoms. The highest BCUT2D eigenvalue weighted by atomic mass is 32.2. The Hall–Kier alpha value is -2.06. The topological polar surface area (TPSA) is 72.6 Å². The molecule has 2 aromatic heterocycles. The molecule has 2 aromatic rings. The number of esters is 1. The van der Waals surface area contributed by atoms with Crippen LogP contribution in [0.2, 0.25) is 0 Å². The van der Waals surface area contributed by atoms with Gasteiger partial charge in [-0.15, -0.1) is 11.3 Å². The summed E-state index contributed by atoms with van der Waals surface area (Å²) >= 11 is 2.86. The molecular weight excluding hydrogens is 324 g/mol. The lowest BCUT2D eigenvalue weighted by Crippen LogP contribution is -2.24. The molecule has 0 aromatic carbocycles. The standard InChI is InChI=1S/C14H12N2O4S2/c1-19-14(18)6-13-16(12(17)8-22-13)7-9-5-10(20-15-9)11-3-2-4-21-11/h2-6H,7-8H2,1H3. The summed E-state index contributed by atoms with van der Waals surface area (Å²) in [5.41, 5.74) is 0.634. The van der Waals surface area contributed by atoms with Gasteiger partial charge < -0.3 is 9.26 Å². The lowest BCUT2D eigenvalue weighted by atomic mass is 10.3. The Morgan fingerprint density at radius 2 is 2.45 bits per heavy atom. The minimum atomic E-state index is -0.485. The predicted octanol–water partition coefficient (Wildman–Crippen LogP) is 2.49. The molecule has 0 bridgehead atoms. The van der Waals surface area contributed by atoms with Gasteiger partial charge in [-0.25, -0.2) is 4.79 Å². The van der Waals surface area contributed by atoms with E-state index in [9.17, 15) is 9.59 Å². The fourth-order valence-corrected chi connectivity index (χ4v) is 3.55. The van der Waals surface area contributed by atoms with Gasteiger partial charge in [0.05, 0.1) is 35.4 Å². The van der Waals surface area contributed by atoms with Crippen molar-refractivity contribution in [2.24, 2.45) is 0 Å². The fourth-order valence-electron chi connectivity index (χ4n) is 1.94. The number of methoxy groups -OCH3 is 1. The van der Waals surface area contributed by atoms with E-state index in [1.165, 1.54) is 29.8 Å². The van der Waals surface area contributed by atoms with E-state index in [0.29, 0.717) is 22.2 Å². The van der Waals surface area contributed by atoms with Crippen molar-refractivity contribution in [3.8, 4) is 10.6 Å². The molecule has 1 fully saturated rings. The monoisotopic (exact) mass is 336 g/mol. The molecule has 0 saturated carbocycles. The van der Waals surface area contributed by atoms with E-state index in [0.717, 1.165) is 4.88 Å². The van der Waals surface area contributed by atoms with Crippen LogP contribution in [0.1, 0.15) is 5.69 Å². The van der Waals surface area contributed by atoms with Crippen LogP contribution in [0.4, 0.5) is 0 Å². The molecule has 0 N–H and O–H groups in total. The summed E-state index contributed by atoms with van der Waals surface area (Å²) in [5.74, 6) is 0.420. The van der Waals surface area contributed by atoms with Crippen LogP contribution in [0.25, 0.3) is 10.6 Å². The lowest BCUT2D eigenvalue weighted by Gasteiger charge is -2.14. The first kappa shape index (κ1) is 14.9. The van der Waals surface area contributed by atoms with E-state index in [1.54, 1.807) is 17.4 Å². The Morgan fingerprint density at radius 1 is 1.59 bits per heavy atom. The molecule has 0 aliphatic carbocycles. The number of thioether (sulfide) groups is 1. The lowest BCUT2D eigenvalue weighted by molar-refractivity contribution is -0.134. The zero-order chi connectivity index (χ0) is 15.5. The number of thiophene rings is 1. The molecule has 114 valence electrons. The highest BCUT2D eigenvalue weighted by Crippen LogP contribution is 2.31. The number of hydrogen-bond donors (Lipinski definition) is 0. The van der Waals surface area contributed by atoms with Crippen molar-refractivity contribution in [2.75, 3.05) is 12.9 Å². The fraction of sp³-hybridized carbons (Fsp3) is 0.214. The van der Waals surface area contributed by atoms with Gasteiger partial charge in [0.2, 0.25) is 5.91 Å². The van der Waals surface area contributed by atoms with Crippen LogP contribution in [0, 0.1) is 0 Å². The van der Waals surface area contributed by atoms with E-state index in [4.69, 9.17) is 4.52 Å². The summed E-state index contributed by atoms with van der Waals surface area (Å²) in [7, 11) is 1.30. The van der Waals surface area contributed by atoms with Crippen LogP contribution < -0.4 is 0 Å². The predicted molar refractivity (Wildman–Crippen MR) is 82.9 cm³/mol. The Morgan fingerprint density at radius 3 is 3.18 bits per heavy atom. The molecule has 1 aliphatic rings. The Balaban J connectivity index is 1.78. The number of carbonyl (C=O) groups excluding carboxylic acids is 2. The molecule has 8 heteroatoms. The average Bonchev–Trinajstić information content (AvgIpc) is 3.23. The first-order valence-corrected chi connectivity index (χ1v) is 8.26. The number of rotatable bonds is 4. The highest BCUT2D eigenvalue weighted by Gasteiger charge is 2.28. The first-order valence-electron chi connectivity index (χ1n) is 6.39. The Bertz CT molecular complexity index is 721. The molecule has 0 unspecified atom stereocenters. The van der Waals surface area contributed by atoms with Crippen LogP contribution in [0.15, 0.2) is 39.2 Å². The minimum Gasteiger partial charge on any atom is -0.466 e. The van der Waals surface area contributed by atoms with Crippen molar-refractivity contribution in [2.45, 2.75) is 6.54 Å². The summed E-state index contributed by atoms with van der Waals surface area (Å²) in [6.45, 7) is 0.267. The second-order valence-electron chi connectivity index (χ2n) is 4.43. The third-order valence-corrected chi connectivity index (χ3v) is 4.91. The average molecular weight is 336 g/mol. The quantitative estimate of drug-likeness (QED) is 0.631. The van der Waals surface area contributed by atoms with E-state index in [1.807, 2.05) is 17.5 Å². The first-order chi connectivity index (χ1) is 10.7. The maximum Gasteiger partial charge on any atom is 0.333 e. The second kappa shape index (κ2) is 6.37. The number of aromatic nitrogens is 1. The summed E-state index contributed by atoms with van der Waals surface area (Å²) in [5, 5.41) is 6.51. The van der Waals surface area contributed by atoms with Crippen LogP contribution in [-0.4, -0.2) is 34.8 Å². The number of hydrogen-bond acceptors (Lipinski definition) is 7. The molecule has 1 aliphatic heterocycles. The van der Waals surface area contributed by atoms with Crippen molar-refractivity contribution in [3.05, 3.63) is 40.4 Å². The number of ether oxygens (including phenoxy) is 1. The van der Waals surface area contributed by atoms with Crippen molar-refractivity contribution < 1.29 is 18.8 Å². The summed E-state index contributed by atoms with van der Waals surface area (Å²) in [4.78, 5) is 25.8. The molecule has 3 rings (SSSR count). The van der Waals surface area contributed by atoms with E-state index in [-0.39, 0.29) is 12.5 Å². The van der Waals surface area contributed by atoms with E-state index in [2.05, 4.69) is 9.89 Å². The molecular formula is C14H12N2O4S2. The molecule has 3 heterocycles. The van der Waals surface area contributed by atoms with Gasteiger partial charge in [0.25, 0.3) is 0 Å². The number of amides is 1. The van der Waals surface area contributed by atoms with Crippen molar-refractivity contribution >= 4 is 35.0 Å². The molecule has 22 heavy (non-hydrogen) atoms. The van der Waals surface area contributed by atoms with Gasteiger partial charge in [-0.3, -0.25) is 9.69 Å². The third kappa shape index (κ3) is 3.07. The smallest absolute Gasteiger partial charge is 0.333 e. The Labute approximate surface area is 134 Å². The number of nitrogens with zero attached hydrogens (tertiary/aromatic N) is 2.